The number of para-hydroxylation sites is 1. The van der Waals surface area contributed by atoms with Gasteiger partial charge in [-0.05, 0) is 30.4 Å². The van der Waals surface area contributed by atoms with Crippen molar-refractivity contribution in [3.8, 4) is 0 Å². The number of anilines is 1. The van der Waals surface area contributed by atoms with E-state index < -0.39 is 17.3 Å². The first-order valence-electron chi connectivity index (χ1n) is 9.85. The van der Waals surface area contributed by atoms with E-state index in [-0.39, 0.29) is 16.8 Å². The van der Waals surface area contributed by atoms with Crippen LogP contribution in [-0.2, 0) is 11.0 Å². The highest BCUT2D eigenvalue weighted by atomic mass is 19.4. The van der Waals surface area contributed by atoms with Crippen LogP contribution in [0.1, 0.15) is 32.3 Å². The molecule has 1 aromatic carbocycles. The fourth-order valence-electron chi connectivity index (χ4n) is 4.24. The van der Waals surface area contributed by atoms with Gasteiger partial charge in [0, 0.05) is 43.4 Å². The van der Waals surface area contributed by atoms with Crippen LogP contribution in [0, 0.1) is 5.41 Å². The molecule has 0 unspecified atom stereocenters. The van der Waals surface area contributed by atoms with Crippen molar-refractivity contribution in [2.45, 2.75) is 38.4 Å². The monoisotopic (exact) mass is 406 g/mol. The van der Waals surface area contributed by atoms with Gasteiger partial charge < -0.3 is 15.5 Å². The summed E-state index contributed by atoms with van der Waals surface area (Å²) in [5.74, 6) is 0.0154. The van der Waals surface area contributed by atoms with Gasteiger partial charge in [0.25, 0.3) is 0 Å². The third-order valence-corrected chi connectivity index (χ3v) is 6.08. The lowest BCUT2D eigenvalue weighted by molar-refractivity contribution is -0.136. The second kappa shape index (κ2) is 6.86. The van der Waals surface area contributed by atoms with Crippen molar-refractivity contribution in [1.82, 2.24) is 15.6 Å². The molecule has 2 fully saturated rings. The summed E-state index contributed by atoms with van der Waals surface area (Å²) in [6.45, 7) is 6.73. The molecule has 3 heterocycles. The average molecular weight is 406 g/mol. The number of rotatable bonds is 1. The number of amides is 1. The number of pyridine rings is 1. The predicted molar refractivity (Wildman–Crippen MR) is 106 cm³/mol. The number of hydrogen-bond acceptors (Lipinski definition) is 4. The molecule has 0 saturated carbocycles. The number of fused-ring (bicyclic) bond motifs is 1. The minimum Gasteiger partial charge on any atom is -0.371 e. The number of carbonyl (C=O) groups is 1. The Labute approximate surface area is 167 Å². The Kier molecular flexibility index (Phi) is 4.72. The maximum atomic E-state index is 13.4. The van der Waals surface area contributed by atoms with E-state index in [1.807, 2.05) is 0 Å². The highest BCUT2D eigenvalue weighted by molar-refractivity contribution is 5.94. The first-order chi connectivity index (χ1) is 13.6. The molecule has 1 amide bonds. The molecule has 1 spiro atoms. The Morgan fingerprint density at radius 1 is 1.10 bits per heavy atom. The Hall–Kier alpha value is -2.35. The van der Waals surface area contributed by atoms with Crippen LogP contribution in [0.2, 0.25) is 0 Å². The molecule has 0 bridgehead atoms. The number of carbonyl (C=O) groups excluding carboxylic acids is 1. The highest BCUT2D eigenvalue weighted by Gasteiger charge is 2.44. The summed E-state index contributed by atoms with van der Waals surface area (Å²) < 4.78 is 40.1. The van der Waals surface area contributed by atoms with Crippen LogP contribution in [0.4, 0.5) is 18.9 Å². The quantitative estimate of drug-likeness (QED) is 0.763. The molecule has 29 heavy (non-hydrogen) atoms. The molecule has 1 aromatic heterocycles. The third-order valence-electron chi connectivity index (χ3n) is 6.08. The second-order valence-corrected chi connectivity index (χ2v) is 8.80. The minimum absolute atomic E-state index is 0.0154. The van der Waals surface area contributed by atoms with Gasteiger partial charge in [-0.15, -0.1) is 0 Å². The van der Waals surface area contributed by atoms with Crippen molar-refractivity contribution in [2.24, 2.45) is 5.41 Å². The molecule has 156 valence electrons. The summed E-state index contributed by atoms with van der Waals surface area (Å²) in [5.41, 5.74) is -0.678. The fraction of sp³-hybridized carbons (Fsp3) is 0.524. The van der Waals surface area contributed by atoms with E-state index in [9.17, 15) is 18.0 Å². The standard InChI is InChI=1S/C21H25F3N4O/c1-19(2)12-26-18(29)20(27-13-19)7-10-28(11-8-20)16-6-9-25-17-14(16)4-3-5-15(17)21(22,23)24/h3-6,9,27H,7-8,10-13H2,1-2H3,(H,26,29). The molecule has 0 radical (unpaired) electrons. The molecule has 4 rings (SSSR count). The van der Waals surface area contributed by atoms with Crippen molar-refractivity contribution < 1.29 is 18.0 Å². The third kappa shape index (κ3) is 3.66. The predicted octanol–water partition coefficient (Wildman–Crippen LogP) is 3.34. The van der Waals surface area contributed by atoms with Crippen LogP contribution in [0.25, 0.3) is 10.9 Å². The van der Waals surface area contributed by atoms with Crippen LogP contribution < -0.4 is 15.5 Å². The number of halogens is 3. The number of benzene rings is 1. The largest absolute Gasteiger partial charge is 0.418 e. The number of nitrogens with one attached hydrogen (secondary N) is 2. The van der Waals surface area contributed by atoms with Crippen LogP contribution in [-0.4, -0.2) is 42.6 Å². The summed E-state index contributed by atoms with van der Waals surface area (Å²) >= 11 is 0. The molecule has 2 saturated heterocycles. The van der Waals surface area contributed by atoms with E-state index in [4.69, 9.17) is 0 Å². The van der Waals surface area contributed by atoms with E-state index in [2.05, 4.69) is 34.4 Å². The van der Waals surface area contributed by atoms with Gasteiger partial charge in [-0.2, -0.15) is 13.2 Å². The summed E-state index contributed by atoms with van der Waals surface area (Å²) in [4.78, 5) is 18.8. The minimum atomic E-state index is -4.45. The molecule has 5 nitrogen and oxygen atoms in total. The van der Waals surface area contributed by atoms with Crippen LogP contribution >= 0.6 is 0 Å². The van der Waals surface area contributed by atoms with Gasteiger partial charge >= 0.3 is 6.18 Å². The van der Waals surface area contributed by atoms with E-state index in [0.717, 1.165) is 18.3 Å². The Morgan fingerprint density at radius 3 is 2.52 bits per heavy atom. The molecule has 0 atom stereocenters. The maximum Gasteiger partial charge on any atom is 0.418 e. The topological polar surface area (TPSA) is 57.3 Å². The number of aromatic nitrogens is 1. The number of piperidine rings is 1. The van der Waals surface area contributed by atoms with E-state index in [0.29, 0.717) is 37.9 Å². The molecule has 8 heteroatoms. The number of hydrogen-bond donors (Lipinski definition) is 2. The van der Waals surface area contributed by atoms with E-state index in [1.165, 1.54) is 12.3 Å². The molecule has 2 aliphatic heterocycles. The van der Waals surface area contributed by atoms with Crippen molar-refractivity contribution in [3.63, 3.8) is 0 Å². The zero-order valence-corrected chi connectivity index (χ0v) is 16.6. The van der Waals surface area contributed by atoms with E-state index in [1.54, 1.807) is 12.1 Å². The lowest BCUT2D eigenvalue weighted by Gasteiger charge is -2.41. The van der Waals surface area contributed by atoms with Crippen molar-refractivity contribution in [1.29, 1.82) is 0 Å². The number of nitrogens with zero attached hydrogens (tertiary/aromatic N) is 2. The molecular weight excluding hydrogens is 381 g/mol. The summed E-state index contributed by atoms with van der Waals surface area (Å²) in [7, 11) is 0. The maximum absolute atomic E-state index is 13.4. The molecule has 2 N–H and O–H groups in total. The van der Waals surface area contributed by atoms with Crippen molar-refractivity contribution in [2.75, 3.05) is 31.1 Å². The van der Waals surface area contributed by atoms with Crippen LogP contribution in [0.3, 0.4) is 0 Å². The summed E-state index contributed by atoms with van der Waals surface area (Å²) in [6.07, 6.45) is -1.84. The Bertz CT molecular complexity index is 933. The van der Waals surface area contributed by atoms with Gasteiger partial charge in [-0.25, -0.2) is 0 Å². The smallest absolute Gasteiger partial charge is 0.371 e. The lowest BCUT2D eigenvalue weighted by atomic mass is 9.85. The Balaban J connectivity index is 1.61. The van der Waals surface area contributed by atoms with Gasteiger partial charge in [0.1, 0.15) is 5.54 Å². The summed E-state index contributed by atoms with van der Waals surface area (Å²) in [6, 6.07) is 5.91. The first-order valence-corrected chi connectivity index (χ1v) is 9.85. The molecule has 2 aliphatic rings. The SMILES string of the molecule is CC1(C)CNC(=O)C2(CCN(c3ccnc4c(C(F)(F)F)cccc34)CC2)NC1. The second-order valence-electron chi connectivity index (χ2n) is 8.80. The average Bonchev–Trinajstić information content (AvgIpc) is 2.79. The van der Waals surface area contributed by atoms with Crippen LogP contribution in [0.5, 0.6) is 0 Å². The van der Waals surface area contributed by atoms with Crippen molar-refractivity contribution >= 4 is 22.5 Å². The highest BCUT2D eigenvalue weighted by Crippen LogP contribution is 2.38. The van der Waals surface area contributed by atoms with Crippen molar-refractivity contribution in [3.05, 3.63) is 36.0 Å². The van der Waals surface area contributed by atoms with E-state index >= 15 is 0 Å². The molecular formula is C21H25F3N4O. The lowest BCUT2D eigenvalue weighted by Crippen LogP contribution is -2.60. The van der Waals surface area contributed by atoms with Gasteiger partial charge in [0.05, 0.1) is 11.1 Å². The molecule has 2 aromatic rings. The summed E-state index contributed by atoms with van der Waals surface area (Å²) in [5, 5.41) is 7.01. The van der Waals surface area contributed by atoms with Gasteiger partial charge in [0.2, 0.25) is 5.91 Å². The zero-order chi connectivity index (χ0) is 20.9. The fourth-order valence-corrected chi connectivity index (χ4v) is 4.24. The zero-order valence-electron chi connectivity index (χ0n) is 16.6. The molecule has 0 aliphatic carbocycles. The number of alkyl halides is 3. The Morgan fingerprint density at radius 2 is 1.83 bits per heavy atom. The normalized spacial score (nSPS) is 21.8. The van der Waals surface area contributed by atoms with Gasteiger partial charge in [-0.3, -0.25) is 9.78 Å². The van der Waals surface area contributed by atoms with Gasteiger partial charge in [0.15, 0.2) is 0 Å². The first kappa shape index (κ1) is 19.9. The van der Waals surface area contributed by atoms with Crippen LogP contribution in [0.15, 0.2) is 30.5 Å². The van der Waals surface area contributed by atoms with Gasteiger partial charge in [-0.1, -0.05) is 26.0 Å².